The van der Waals surface area contributed by atoms with Gasteiger partial charge in [0.15, 0.2) is 0 Å². The number of hydrogen-bond acceptors (Lipinski definition) is 2. The zero-order chi connectivity index (χ0) is 14.7. The van der Waals surface area contributed by atoms with Crippen molar-refractivity contribution in [3.63, 3.8) is 0 Å². The van der Waals surface area contributed by atoms with Gasteiger partial charge in [-0.3, -0.25) is 4.98 Å². The molecule has 3 rings (SSSR count). The number of rotatable bonds is 4. The third-order valence-corrected chi connectivity index (χ3v) is 3.77. The minimum absolute atomic E-state index is 0.834. The predicted molar refractivity (Wildman–Crippen MR) is 89.6 cm³/mol. The summed E-state index contributed by atoms with van der Waals surface area (Å²) in [4.78, 5) is 4.54. The molecule has 1 heterocycles. The average Bonchev–Trinajstić information content (AvgIpc) is 2.53. The van der Waals surface area contributed by atoms with Crippen LogP contribution in [0.5, 0.6) is 0 Å². The fraction of sp³-hybridized carbons (Fsp3) is 0.211. The SMILES string of the molecule is CCc1ccccc1NCc1ccc2nc(C)ccc2c1. The molecule has 106 valence electrons. The lowest BCUT2D eigenvalue weighted by molar-refractivity contribution is 1.09. The minimum Gasteiger partial charge on any atom is -0.381 e. The van der Waals surface area contributed by atoms with Gasteiger partial charge < -0.3 is 5.32 Å². The Morgan fingerprint density at radius 1 is 1.00 bits per heavy atom. The Hall–Kier alpha value is -2.35. The van der Waals surface area contributed by atoms with Crippen LogP contribution in [-0.2, 0) is 13.0 Å². The molecule has 0 unspecified atom stereocenters. The number of nitrogens with zero attached hydrogens (tertiary/aromatic N) is 1. The maximum atomic E-state index is 4.54. The van der Waals surface area contributed by atoms with Crippen LogP contribution in [-0.4, -0.2) is 4.98 Å². The van der Waals surface area contributed by atoms with E-state index in [1.807, 2.05) is 6.92 Å². The van der Waals surface area contributed by atoms with E-state index in [9.17, 15) is 0 Å². The summed E-state index contributed by atoms with van der Waals surface area (Å²) in [6.45, 7) is 5.04. The minimum atomic E-state index is 0.834. The molecule has 0 fully saturated rings. The van der Waals surface area contributed by atoms with Crippen molar-refractivity contribution < 1.29 is 0 Å². The van der Waals surface area contributed by atoms with E-state index < -0.39 is 0 Å². The molecule has 0 aliphatic carbocycles. The molecule has 2 aromatic carbocycles. The standard InChI is InChI=1S/C19H20N2/c1-3-16-6-4-5-7-18(16)20-13-15-9-11-19-17(12-15)10-8-14(2)21-19/h4-12,20H,3,13H2,1-2H3. The molecule has 0 saturated carbocycles. The van der Waals surface area contributed by atoms with Crippen molar-refractivity contribution in [3.8, 4) is 0 Å². The van der Waals surface area contributed by atoms with Crippen LogP contribution in [0.4, 0.5) is 5.69 Å². The van der Waals surface area contributed by atoms with Gasteiger partial charge in [-0.25, -0.2) is 0 Å². The Bertz CT molecular complexity index is 762. The number of anilines is 1. The number of benzene rings is 2. The van der Waals surface area contributed by atoms with Gasteiger partial charge in [-0.2, -0.15) is 0 Å². The second-order valence-electron chi connectivity index (χ2n) is 5.34. The second-order valence-corrected chi connectivity index (χ2v) is 5.34. The quantitative estimate of drug-likeness (QED) is 0.746. The first-order valence-electron chi connectivity index (χ1n) is 7.44. The molecule has 0 aliphatic heterocycles. The molecule has 0 amide bonds. The molecule has 0 radical (unpaired) electrons. The molecular weight excluding hydrogens is 256 g/mol. The number of hydrogen-bond donors (Lipinski definition) is 1. The van der Waals surface area contributed by atoms with E-state index in [1.54, 1.807) is 0 Å². The van der Waals surface area contributed by atoms with Crippen molar-refractivity contribution in [1.82, 2.24) is 4.98 Å². The molecule has 0 bridgehead atoms. The van der Waals surface area contributed by atoms with Gasteiger partial charge in [0, 0.05) is 23.3 Å². The van der Waals surface area contributed by atoms with Crippen molar-refractivity contribution in [2.24, 2.45) is 0 Å². The Kier molecular flexibility index (Phi) is 3.87. The fourth-order valence-corrected chi connectivity index (χ4v) is 2.59. The Morgan fingerprint density at radius 3 is 2.71 bits per heavy atom. The highest BCUT2D eigenvalue weighted by Crippen LogP contribution is 2.19. The Balaban J connectivity index is 1.80. The molecule has 1 aromatic heterocycles. The Morgan fingerprint density at radius 2 is 1.86 bits per heavy atom. The van der Waals surface area contributed by atoms with Gasteiger partial charge in [0.25, 0.3) is 0 Å². The number of fused-ring (bicyclic) bond motifs is 1. The molecule has 3 aromatic rings. The monoisotopic (exact) mass is 276 g/mol. The lowest BCUT2D eigenvalue weighted by Gasteiger charge is -2.11. The first kappa shape index (κ1) is 13.6. The van der Waals surface area contributed by atoms with Crippen molar-refractivity contribution in [1.29, 1.82) is 0 Å². The lowest BCUT2D eigenvalue weighted by Crippen LogP contribution is -2.02. The third-order valence-electron chi connectivity index (χ3n) is 3.77. The summed E-state index contributed by atoms with van der Waals surface area (Å²) in [5.74, 6) is 0. The number of aromatic nitrogens is 1. The van der Waals surface area contributed by atoms with E-state index in [1.165, 1.54) is 22.2 Å². The van der Waals surface area contributed by atoms with E-state index in [0.29, 0.717) is 0 Å². The highest BCUT2D eigenvalue weighted by molar-refractivity contribution is 5.79. The highest BCUT2D eigenvalue weighted by Gasteiger charge is 2.01. The topological polar surface area (TPSA) is 24.9 Å². The first-order chi connectivity index (χ1) is 10.3. The van der Waals surface area contributed by atoms with E-state index >= 15 is 0 Å². The zero-order valence-corrected chi connectivity index (χ0v) is 12.6. The molecule has 0 aliphatic rings. The predicted octanol–water partition coefficient (Wildman–Crippen LogP) is 4.72. The van der Waals surface area contributed by atoms with Crippen LogP contribution >= 0.6 is 0 Å². The smallest absolute Gasteiger partial charge is 0.0705 e. The van der Waals surface area contributed by atoms with Crippen LogP contribution in [0.25, 0.3) is 10.9 Å². The van der Waals surface area contributed by atoms with E-state index in [-0.39, 0.29) is 0 Å². The van der Waals surface area contributed by atoms with Crippen molar-refractivity contribution in [2.45, 2.75) is 26.8 Å². The summed E-state index contributed by atoms with van der Waals surface area (Å²) >= 11 is 0. The normalized spacial score (nSPS) is 10.8. The molecule has 21 heavy (non-hydrogen) atoms. The number of aryl methyl sites for hydroxylation is 2. The maximum absolute atomic E-state index is 4.54. The van der Waals surface area contributed by atoms with E-state index in [0.717, 1.165) is 24.2 Å². The van der Waals surface area contributed by atoms with Crippen molar-refractivity contribution >= 4 is 16.6 Å². The third kappa shape index (κ3) is 3.05. The molecule has 0 saturated heterocycles. The Labute approximate surface area is 125 Å². The summed E-state index contributed by atoms with van der Waals surface area (Å²) in [6, 6.07) is 19.2. The molecule has 0 spiro atoms. The summed E-state index contributed by atoms with van der Waals surface area (Å²) in [5.41, 5.74) is 5.98. The van der Waals surface area contributed by atoms with Crippen molar-refractivity contribution in [3.05, 3.63) is 71.4 Å². The van der Waals surface area contributed by atoms with Crippen LogP contribution in [0, 0.1) is 6.92 Å². The maximum Gasteiger partial charge on any atom is 0.0705 e. The largest absolute Gasteiger partial charge is 0.381 e. The molecule has 2 heteroatoms. The zero-order valence-electron chi connectivity index (χ0n) is 12.6. The van der Waals surface area contributed by atoms with Crippen LogP contribution < -0.4 is 5.32 Å². The van der Waals surface area contributed by atoms with Gasteiger partial charge in [0.2, 0.25) is 0 Å². The van der Waals surface area contributed by atoms with Gasteiger partial charge in [0.1, 0.15) is 0 Å². The second kappa shape index (κ2) is 5.96. The summed E-state index contributed by atoms with van der Waals surface area (Å²) in [7, 11) is 0. The summed E-state index contributed by atoms with van der Waals surface area (Å²) in [5, 5.41) is 4.73. The van der Waals surface area contributed by atoms with Gasteiger partial charge in [0.05, 0.1) is 5.52 Å². The van der Waals surface area contributed by atoms with E-state index in [4.69, 9.17) is 0 Å². The van der Waals surface area contributed by atoms with Crippen LogP contribution in [0.3, 0.4) is 0 Å². The van der Waals surface area contributed by atoms with Gasteiger partial charge in [-0.15, -0.1) is 0 Å². The van der Waals surface area contributed by atoms with Crippen molar-refractivity contribution in [2.75, 3.05) is 5.32 Å². The molecule has 2 nitrogen and oxygen atoms in total. The number of para-hydroxylation sites is 1. The van der Waals surface area contributed by atoms with Gasteiger partial charge in [-0.1, -0.05) is 37.3 Å². The number of pyridine rings is 1. The molecule has 0 atom stereocenters. The summed E-state index contributed by atoms with van der Waals surface area (Å²) in [6.07, 6.45) is 1.05. The first-order valence-corrected chi connectivity index (χ1v) is 7.44. The number of nitrogens with one attached hydrogen (secondary N) is 1. The highest BCUT2D eigenvalue weighted by atomic mass is 14.9. The van der Waals surface area contributed by atoms with Crippen LogP contribution in [0.15, 0.2) is 54.6 Å². The average molecular weight is 276 g/mol. The fourth-order valence-electron chi connectivity index (χ4n) is 2.59. The summed E-state index contributed by atoms with van der Waals surface area (Å²) < 4.78 is 0. The van der Waals surface area contributed by atoms with Crippen LogP contribution in [0.1, 0.15) is 23.7 Å². The molecule has 1 N–H and O–H groups in total. The van der Waals surface area contributed by atoms with E-state index in [2.05, 4.69) is 71.8 Å². The van der Waals surface area contributed by atoms with Gasteiger partial charge in [-0.05, 0) is 48.7 Å². The van der Waals surface area contributed by atoms with Gasteiger partial charge >= 0.3 is 0 Å². The molecular formula is C19H20N2. The van der Waals surface area contributed by atoms with Crippen LogP contribution in [0.2, 0.25) is 0 Å². The lowest BCUT2D eigenvalue weighted by atomic mass is 10.1.